The van der Waals surface area contributed by atoms with Gasteiger partial charge in [-0.2, -0.15) is 18.2 Å². The first-order valence-electron chi connectivity index (χ1n) is 7.35. The zero-order valence-corrected chi connectivity index (χ0v) is 14.6. The molecule has 0 saturated heterocycles. The standard InChI is InChI=1S/C17H11Cl2F3N2O2/c18-12-4-5-13(14(19)7-12)15-23-16(26-24-15)11-3-1-2-10(6-11)8-25-9-17(20,21)22/h1-7H,8-9H2. The fourth-order valence-corrected chi connectivity index (χ4v) is 2.69. The minimum absolute atomic E-state index is 0.183. The molecule has 0 aliphatic carbocycles. The predicted molar refractivity (Wildman–Crippen MR) is 90.9 cm³/mol. The van der Waals surface area contributed by atoms with Crippen molar-refractivity contribution in [1.29, 1.82) is 0 Å². The molecule has 0 unspecified atom stereocenters. The van der Waals surface area contributed by atoms with E-state index in [4.69, 9.17) is 27.7 Å². The quantitative estimate of drug-likeness (QED) is 0.541. The van der Waals surface area contributed by atoms with E-state index in [9.17, 15) is 13.2 Å². The Hall–Kier alpha value is -2.09. The molecule has 0 fully saturated rings. The molecule has 0 aliphatic rings. The van der Waals surface area contributed by atoms with Crippen LogP contribution in [0.2, 0.25) is 10.0 Å². The van der Waals surface area contributed by atoms with E-state index < -0.39 is 12.8 Å². The minimum Gasteiger partial charge on any atom is -0.367 e. The summed E-state index contributed by atoms with van der Waals surface area (Å²) >= 11 is 12.0. The molecule has 0 N–H and O–H groups in total. The first-order valence-corrected chi connectivity index (χ1v) is 8.10. The summed E-state index contributed by atoms with van der Waals surface area (Å²) in [5, 5.41) is 4.74. The van der Waals surface area contributed by atoms with Crippen molar-refractivity contribution >= 4 is 23.2 Å². The van der Waals surface area contributed by atoms with Crippen molar-refractivity contribution in [3.05, 3.63) is 58.1 Å². The molecule has 2 aromatic carbocycles. The lowest BCUT2D eigenvalue weighted by atomic mass is 10.1. The lowest BCUT2D eigenvalue weighted by Gasteiger charge is -2.07. The van der Waals surface area contributed by atoms with Crippen LogP contribution in [0.4, 0.5) is 13.2 Å². The van der Waals surface area contributed by atoms with Crippen molar-refractivity contribution < 1.29 is 22.4 Å². The average Bonchev–Trinajstić information content (AvgIpc) is 3.04. The second-order valence-corrected chi connectivity index (χ2v) is 6.20. The fourth-order valence-electron chi connectivity index (χ4n) is 2.20. The van der Waals surface area contributed by atoms with Crippen LogP contribution in [-0.4, -0.2) is 22.9 Å². The van der Waals surface area contributed by atoms with E-state index in [0.29, 0.717) is 26.7 Å². The minimum atomic E-state index is -4.36. The van der Waals surface area contributed by atoms with Crippen molar-refractivity contribution in [3.8, 4) is 22.8 Å². The molecule has 0 bridgehead atoms. The molecule has 0 radical (unpaired) electrons. The number of nitrogens with zero attached hydrogens (tertiary/aromatic N) is 2. The maximum absolute atomic E-state index is 12.1. The van der Waals surface area contributed by atoms with Crippen LogP contribution in [0.15, 0.2) is 47.0 Å². The van der Waals surface area contributed by atoms with Crippen LogP contribution in [0.1, 0.15) is 5.56 Å². The summed E-state index contributed by atoms with van der Waals surface area (Å²) in [6.45, 7) is -1.49. The summed E-state index contributed by atoms with van der Waals surface area (Å²) in [6.07, 6.45) is -4.36. The van der Waals surface area contributed by atoms with Gasteiger partial charge in [-0.3, -0.25) is 0 Å². The van der Waals surface area contributed by atoms with Crippen LogP contribution in [-0.2, 0) is 11.3 Å². The smallest absolute Gasteiger partial charge is 0.367 e. The van der Waals surface area contributed by atoms with E-state index in [2.05, 4.69) is 14.9 Å². The largest absolute Gasteiger partial charge is 0.411 e. The Morgan fingerprint density at radius 2 is 1.88 bits per heavy atom. The molecule has 0 amide bonds. The molecule has 9 heteroatoms. The molecule has 1 aromatic heterocycles. The van der Waals surface area contributed by atoms with Crippen LogP contribution in [0.25, 0.3) is 22.8 Å². The zero-order valence-electron chi connectivity index (χ0n) is 13.1. The van der Waals surface area contributed by atoms with Crippen LogP contribution in [0.3, 0.4) is 0 Å². The molecule has 0 spiro atoms. The van der Waals surface area contributed by atoms with Crippen molar-refractivity contribution in [1.82, 2.24) is 10.1 Å². The number of benzene rings is 2. The maximum Gasteiger partial charge on any atom is 0.411 e. The normalized spacial score (nSPS) is 11.7. The Morgan fingerprint density at radius 1 is 1.08 bits per heavy atom. The molecular weight excluding hydrogens is 392 g/mol. The average molecular weight is 403 g/mol. The van der Waals surface area contributed by atoms with E-state index in [-0.39, 0.29) is 18.3 Å². The predicted octanol–water partition coefficient (Wildman–Crippen LogP) is 5.79. The number of hydrogen-bond donors (Lipinski definition) is 0. The van der Waals surface area contributed by atoms with Gasteiger partial charge in [-0.25, -0.2) is 0 Å². The van der Waals surface area contributed by atoms with Gasteiger partial charge in [0.15, 0.2) is 0 Å². The van der Waals surface area contributed by atoms with Crippen LogP contribution < -0.4 is 0 Å². The number of hydrogen-bond acceptors (Lipinski definition) is 4. The number of alkyl halides is 3. The van der Waals surface area contributed by atoms with Gasteiger partial charge in [0.25, 0.3) is 5.89 Å². The Balaban J connectivity index is 1.78. The van der Waals surface area contributed by atoms with E-state index in [1.54, 1.807) is 42.5 Å². The Kier molecular flexibility index (Phi) is 5.50. The zero-order chi connectivity index (χ0) is 18.7. The van der Waals surface area contributed by atoms with Gasteiger partial charge in [-0.15, -0.1) is 0 Å². The molecule has 0 saturated carbocycles. The summed E-state index contributed by atoms with van der Waals surface area (Å²) in [4.78, 5) is 4.28. The topological polar surface area (TPSA) is 48.2 Å². The van der Waals surface area contributed by atoms with E-state index in [0.717, 1.165) is 0 Å². The monoisotopic (exact) mass is 402 g/mol. The van der Waals surface area contributed by atoms with Crippen LogP contribution in [0, 0.1) is 0 Å². The van der Waals surface area contributed by atoms with Crippen LogP contribution in [0.5, 0.6) is 0 Å². The van der Waals surface area contributed by atoms with Crippen molar-refractivity contribution in [3.63, 3.8) is 0 Å². The lowest BCUT2D eigenvalue weighted by molar-refractivity contribution is -0.176. The van der Waals surface area contributed by atoms with Gasteiger partial charge in [-0.1, -0.05) is 40.5 Å². The van der Waals surface area contributed by atoms with E-state index in [1.807, 2.05) is 0 Å². The van der Waals surface area contributed by atoms with Crippen molar-refractivity contribution in [2.75, 3.05) is 6.61 Å². The highest BCUT2D eigenvalue weighted by atomic mass is 35.5. The van der Waals surface area contributed by atoms with Gasteiger partial charge in [0.05, 0.1) is 11.6 Å². The van der Waals surface area contributed by atoms with E-state index in [1.165, 1.54) is 0 Å². The Morgan fingerprint density at radius 3 is 2.62 bits per heavy atom. The van der Waals surface area contributed by atoms with Gasteiger partial charge in [0.2, 0.25) is 5.82 Å². The van der Waals surface area contributed by atoms with Gasteiger partial charge in [-0.05, 0) is 35.9 Å². The summed E-state index contributed by atoms with van der Waals surface area (Å²) in [6, 6.07) is 11.5. The number of aromatic nitrogens is 2. The van der Waals surface area contributed by atoms with E-state index >= 15 is 0 Å². The molecule has 136 valence electrons. The summed E-state index contributed by atoms with van der Waals surface area (Å²) in [5.41, 5.74) is 1.66. The number of halogens is 5. The molecule has 0 atom stereocenters. The number of rotatable bonds is 5. The molecule has 26 heavy (non-hydrogen) atoms. The molecule has 4 nitrogen and oxygen atoms in total. The van der Waals surface area contributed by atoms with Gasteiger partial charge in [0, 0.05) is 16.1 Å². The van der Waals surface area contributed by atoms with Crippen molar-refractivity contribution in [2.45, 2.75) is 12.8 Å². The Bertz CT molecular complexity index is 913. The molecular formula is C17H11Cl2F3N2O2. The SMILES string of the molecule is FC(F)(F)COCc1cccc(-c2nc(-c3ccc(Cl)cc3Cl)no2)c1. The molecule has 3 aromatic rings. The van der Waals surface area contributed by atoms with Crippen LogP contribution >= 0.6 is 23.2 Å². The van der Waals surface area contributed by atoms with Gasteiger partial charge < -0.3 is 9.26 Å². The number of ether oxygens (including phenoxy) is 1. The lowest BCUT2D eigenvalue weighted by Crippen LogP contribution is -2.16. The molecule has 0 aliphatic heterocycles. The summed E-state index contributed by atoms with van der Waals surface area (Å²) in [5.74, 6) is 0.490. The fraction of sp³-hybridized carbons (Fsp3) is 0.176. The summed E-state index contributed by atoms with van der Waals surface area (Å²) in [7, 11) is 0. The second kappa shape index (κ2) is 7.65. The third-order valence-electron chi connectivity index (χ3n) is 3.31. The highest BCUT2D eigenvalue weighted by Crippen LogP contribution is 2.30. The summed E-state index contributed by atoms with van der Waals surface area (Å²) < 4.78 is 46.3. The highest BCUT2D eigenvalue weighted by molar-refractivity contribution is 6.36. The van der Waals surface area contributed by atoms with Crippen molar-refractivity contribution in [2.24, 2.45) is 0 Å². The second-order valence-electron chi connectivity index (χ2n) is 5.36. The third kappa shape index (κ3) is 4.75. The van der Waals surface area contributed by atoms with Gasteiger partial charge >= 0.3 is 6.18 Å². The highest BCUT2D eigenvalue weighted by Gasteiger charge is 2.27. The Labute approximate surface area is 156 Å². The first kappa shape index (κ1) is 18.7. The third-order valence-corrected chi connectivity index (χ3v) is 3.85. The first-order chi connectivity index (χ1) is 12.3. The maximum atomic E-state index is 12.1. The van der Waals surface area contributed by atoms with Gasteiger partial charge in [0.1, 0.15) is 6.61 Å². The molecule has 3 rings (SSSR count). The molecule has 1 heterocycles.